The van der Waals surface area contributed by atoms with E-state index in [1.165, 1.54) is 11.1 Å². The fourth-order valence-corrected chi connectivity index (χ4v) is 2.07. The summed E-state index contributed by atoms with van der Waals surface area (Å²) in [6.07, 6.45) is 1.23. The van der Waals surface area contributed by atoms with Gasteiger partial charge >= 0.3 is 6.09 Å². The van der Waals surface area contributed by atoms with E-state index < -0.39 is 17.2 Å². The molecule has 1 amide bonds. The summed E-state index contributed by atoms with van der Waals surface area (Å²) in [7, 11) is 0. The van der Waals surface area contributed by atoms with Gasteiger partial charge < -0.3 is 15.8 Å². The molecular formula is C17H28N2O2. The Morgan fingerprint density at radius 3 is 2.38 bits per heavy atom. The van der Waals surface area contributed by atoms with Crippen LogP contribution in [0.5, 0.6) is 0 Å². The lowest BCUT2D eigenvalue weighted by molar-refractivity contribution is 0.0462. The van der Waals surface area contributed by atoms with Crippen molar-refractivity contribution in [3.63, 3.8) is 0 Å². The molecule has 0 bridgehead atoms. The van der Waals surface area contributed by atoms with E-state index in [4.69, 9.17) is 10.5 Å². The Kier molecular flexibility index (Phi) is 5.78. The zero-order valence-corrected chi connectivity index (χ0v) is 13.8. The normalized spacial score (nSPS) is 14.4. The minimum Gasteiger partial charge on any atom is -0.444 e. The zero-order chi connectivity index (χ0) is 16.1. The van der Waals surface area contributed by atoms with E-state index in [1.54, 1.807) is 0 Å². The van der Waals surface area contributed by atoms with E-state index in [-0.39, 0.29) is 0 Å². The number of carbonyl (C=O) groups excluding carboxylic acids is 1. The number of nitrogens with two attached hydrogens (primary N) is 1. The van der Waals surface area contributed by atoms with Gasteiger partial charge in [-0.15, -0.1) is 0 Å². The lowest BCUT2D eigenvalue weighted by atomic mass is 9.92. The van der Waals surface area contributed by atoms with Crippen LogP contribution in [0, 0.1) is 6.92 Å². The van der Waals surface area contributed by atoms with Gasteiger partial charge in [-0.2, -0.15) is 0 Å². The van der Waals surface area contributed by atoms with Crippen molar-refractivity contribution in [2.24, 2.45) is 5.73 Å². The molecule has 0 saturated heterocycles. The van der Waals surface area contributed by atoms with Crippen LogP contribution >= 0.6 is 0 Å². The van der Waals surface area contributed by atoms with E-state index in [0.717, 1.165) is 12.8 Å². The van der Waals surface area contributed by atoms with Gasteiger partial charge in [0, 0.05) is 6.54 Å². The Balaban J connectivity index is 2.64. The number of alkyl carbamates (subject to hydrolysis) is 1. The first-order valence-electron chi connectivity index (χ1n) is 7.41. The molecule has 0 spiro atoms. The lowest BCUT2D eigenvalue weighted by Crippen LogP contribution is -2.52. The average molecular weight is 292 g/mol. The summed E-state index contributed by atoms with van der Waals surface area (Å²) in [4.78, 5) is 11.9. The highest BCUT2D eigenvalue weighted by Crippen LogP contribution is 2.17. The van der Waals surface area contributed by atoms with Crippen molar-refractivity contribution >= 4 is 6.09 Å². The van der Waals surface area contributed by atoms with Gasteiger partial charge in [-0.3, -0.25) is 0 Å². The molecule has 1 atom stereocenters. The van der Waals surface area contributed by atoms with Gasteiger partial charge in [0.1, 0.15) is 5.60 Å². The Bertz CT molecular complexity index is 480. The maximum absolute atomic E-state index is 11.9. The first-order chi connectivity index (χ1) is 9.65. The SMILES string of the molecule is Cc1ccccc1CCC(C)(CN)NC(=O)OC(C)(C)C. The molecule has 0 heterocycles. The molecule has 0 aromatic heterocycles. The minimum atomic E-state index is -0.504. The summed E-state index contributed by atoms with van der Waals surface area (Å²) in [6, 6.07) is 8.26. The van der Waals surface area contributed by atoms with Crippen LogP contribution in [0.25, 0.3) is 0 Å². The predicted octanol–water partition coefficient (Wildman–Crippen LogP) is 3.17. The molecule has 118 valence electrons. The first-order valence-corrected chi connectivity index (χ1v) is 7.41. The number of aryl methyl sites for hydroxylation is 2. The second kappa shape index (κ2) is 6.94. The molecule has 0 fully saturated rings. The van der Waals surface area contributed by atoms with E-state index in [1.807, 2.05) is 39.8 Å². The molecule has 0 saturated carbocycles. The molecule has 4 heteroatoms. The van der Waals surface area contributed by atoms with Gasteiger partial charge in [-0.1, -0.05) is 24.3 Å². The maximum atomic E-state index is 11.9. The number of amides is 1. The summed E-state index contributed by atoms with van der Waals surface area (Å²) in [5.74, 6) is 0. The molecule has 3 N–H and O–H groups in total. The van der Waals surface area contributed by atoms with Gasteiger partial charge in [0.15, 0.2) is 0 Å². The summed E-state index contributed by atoms with van der Waals surface area (Å²) in [5, 5.41) is 2.90. The third kappa shape index (κ3) is 6.17. The quantitative estimate of drug-likeness (QED) is 0.876. The molecule has 1 aromatic rings. The number of carbonyl (C=O) groups is 1. The molecule has 0 radical (unpaired) electrons. The van der Waals surface area contributed by atoms with Gasteiger partial charge in [0.2, 0.25) is 0 Å². The predicted molar refractivity (Wildman–Crippen MR) is 86.3 cm³/mol. The Labute approximate surface area is 128 Å². The number of benzene rings is 1. The zero-order valence-electron chi connectivity index (χ0n) is 13.8. The molecule has 1 rings (SSSR count). The maximum Gasteiger partial charge on any atom is 0.408 e. The highest BCUT2D eigenvalue weighted by atomic mass is 16.6. The van der Waals surface area contributed by atoms with Crippen molar-refractivity contribution < 1.29 is 9.53 Å². The van der Waals surface area contributed by atoms with Crippen LogP contribution in [-0.2, 0) is 11.2 Å². The van der Waals surface area contributed by atoms with Crippen molar-refractivity contribution in [3.8, 4) is 0 Å². The highest BCUT2D eigenvalue weighted by Gasteiger charge is 2.27. The minimum absolute atomic E-state index is 0.373. The molecule has 0 aliphatic rings. The Morgan fingerprint density at radius 2 is 1.86 bits per heavy atom. The van der Waals surface area contributed by atoms with Crippen molar-refractivity contribution in [1.82, 2.24) is 5.32 Å². The van der Waals surface area contributed by atoms with Crippen LogP contribution in [0.15, 0.2) is 24.3 Å². The number of rotatable bonds is 5. The van der Waals surface area contributed by atoms with Gasteiger partial charge in [0.25, 0.3) is 0 Å². The molecule has 0 aliphatic carbocycles. The summed E-state index contributed by atoms with van der Waals surface area (Å²) < 4.78 is 5.31. The lowest BCUT2D eigenvalue weighted by Gasteiger charge is -2.31. The standard InChI is InChI=1S/C17H28N2O2/c1-13-8-6-7-9-14(13)10-11-17(5,12-18)19-15(20)21-16(2,3)4/h6-9H,10-12,18H2,1-5H3,(H,19,20). The first kappa shape index (κ1) is 17.5. The molecular weight excluding hydrogens is 264 g/mol. The Morgan fingerprint density at radius 1 is 1.24 bits per heavy atom. The third-order valence-electron chi connectivity index (χ3n) is 3.46. The van der Waals surface area contributed by atoms with Crippen LogP contribution in [0.4, 0.5) is 4.79 Å². The van der Waals surface area contributed by atoms with E-state index in [0.29, 0.717) is 6.54 Å². The summed E-state index contributed by atoms with van der Waals surface area (Å²) in [5.41, 5.74) is 7.42. The number of hydrogen-bond acceptors (Lipinski definition) is 3. The second-order valence-corrected chi connectivity index (χ2v) is 6.82. The van der Waals surface area contributed by atoms with Crippen molar-refractivity contribution in [2.45, 2.75) is 58.6 Å². The van der Waals surface area contributed by atoms with E-state index in [2.05, 4.69) is 24.4 Å². The van der Waals surface area contributed by atoms with Gasteiger partial charge in [-0.25, -0.2) is 4.79 Å². The number of hydrogen-bond donors (Lipinski definition) is 2. The fourth-order valence-electron chi connectivity index (χ4n) is 2.07. The van der Waals surface area contributed by atoms with Crippen LogP contribution in [0.3, 0.4) is 0 Å². The number of nitrogens with one attached hydrogen (secondary N) is 1. The Hall–Kier alpha value is -1.55. The average Bonchev–Trinajstić information content (AvgIpc) is 2.35. The second-order valence-electron chi connectivity index (χ2n) is 6.82. The third-order valence-corrected chi connectivity index (χ3v) is 3.46. The smallest absolute Gasteiger partial charge is 0.408 e. The van der Waals surface area contributed by atoms with E-state index >= 15 is 0 Å². The molecule has 1 unspecified atom stereocenters. The largest absolute Gasteiger partial charge is 0.444 e. The van der Waals surface area contributed by atoms with Crippen LogP contribution in [0.2, 0.25) is 0 Å². The van der Waals surface area contributed by atoms with Crippen LogP contribution in [-0.4, -0.2) is 23.8 Å². The van der Waals surface area contributed by atoms with Crippen LogP contribution in [0.1, 0.15) is 45.2 Å². The van der Waals surface area contributed by atoms with Crippen molar-refractivity contribution in [3.05, 3.63) is 35.4 Å². The fraction of sp³-hybridized carbons (Fsp3) is 0.588. The van der Waals surface area contributed by atoms with Gasteiger partial charge in [-0.05, 0) is 58.6 Å². The monoisotopic (exact) mass is 292 g/mol. The van der Waals surface area contributed by atoms with E-state index in [9.17, 15) is 4.79 Å². The summed E-state index contributed by atoms with van der Waals surface area (Å²) in [6.45, 7) is 9.96. The highest BCUT2D eigenvalue weighted by molar-refractivity contribution is 5.68. The molecule has 4 nitrogen and oxygen atoms in total. The molecule has 1 aromatic carbocycles. The summed E-state index contributed by atoms with van der Waals surface area (Å²) >= 11 is 0. The van der Waals surface area contributed by atoms with Crippen molar-refractivity contribution in [2.75, 3.05) is 6.54 Å². The molecule has 21 heavy (non-hydrogen) atoms. The van der Waals surface area contributed by atoms with Crippen LogP contribution < -0.4 is 11.1 Å². The molecule has 0 aliphatic heterocycles. The van der Waals surface area contributed by atoms with Gasteiger partial charge in [0.05, 0.1) is 5.54 Å². The topological polar surface area (TPSA) is 64.3 Å². The van der Waals surface area contributed by atoms with Crippen molar-refractivity contribution in [1.29, 1.82) is 0 Å². The number of ether oxygens (including phenoxy) is 1.